The van der Waals surface area contributed by atoms with Crippen molar-refractivity contribution in [2.75, 3.05) is 16.0 Å². The number of aromatic nitrogens is 2. The van der Waals surface area contributed by atoms with Gasteiger partial charge in [0.25, 0.3) is 0 Å². The lowest BCUT2D eigenvalue weighted by Gasteiger charge is -2.19. The van der Waals surface area contributed by atoms with Crippen LogP contribution in [0, 0.1) is 0 Å². The number of fused-ring (bicyclic) bond motifs is 1. The number of nitrogens with zero attached hydrogens (tertiary/aromatic N) is 3. The Morgan fingerprint density at radius 2 is 1.95 bits per heavy atom. The maximum absolute atomic E-state index is 10.6. The van der Waals surface area contributed by atoms with E-state index in [0.29, 0.717) is 17.9 Å². The Morgan fingerprint density at radius 1 is 1.26 bits per heavy atom. The van der Waals surface area contributed by atoms with E-state index in [2.05, 4.69) is 32.3 Å². The molecular formula is C13H13N5O. The van der Waals surface area contributed by atoms with Crippen molar-refractivity contribution in [2.24, 2.45) is 0 Å². The Bertz CT molecular complexity index is 603. The van der Waals surface area contributed by atoms with Crippen LogP contribution in [0.5, 0.6) is 0 Å². The van der Waals surface area contributed by atoms with E-state index in [1.807, 2.05) is 12.1 Å². The Kier molecular flexibility index (Phi) is 2.75. The van der Waals surface area contributed by atoms with Crippen molar-refractivity contribution in [3.05, 3.63) is 41.6 Å². The quantitative estimate of drug-likeness (QED) is 0.804. The molecule has 0 spiro atoms. The van der Waals surface area contributed by atoms with Gasteiger partial charge in [-0.2, -0.15) is 4.98 Å². The standard InChI is InChI=1S/C13H13N5O/c14-13-15-5-11(16-8-19)12(17-13)18-6-9-3-1-2-4-10(9)7-18/h1-5,8H,6-7H2,(H,16,19)(H2,14,15,17). The van der Waals surface area contributed by atoms with Crippen LogP contribution in [0.3, 0.4) is 0 Å². The number of benzene rings is 1. The van der Waals surface area contributed by atoms with Crippen molar-refractivity contribution in [2.45, 2.75) is 13.1 Å². The number of nitrogens with one attached hydrogen (secondary N) is 1. The highest BCUT2D eigenvalue weighted by Gasteiger charge is 2.22. The van der Waals surface area contributed by atoms with Gasteiger partial charge in [-0.15, -0.1) is 0 Å². The predicted octanol–water partition coefficient (Wildman–Crippen LogP) is 1.15. The summed E-state index contributed by atoms with van der Waals surface area (Å²) < 4.78 is 0. The lowest BCUT2D eigenvalue weighted by atomic mass is 10.1. The summed E-state index contributed by atoms with van der Waals surface area (Å²) in [5.74, 6) is 0.846. The van der Waals surface area contributed by atoms with Crippen LogP contribution in [-0.4, -0.2) is 16.4 Å². The van der Waals surface area contributed by atoms with Crippen LogP contribution in [0.1, 0.15) is 11.1 Å². The van der Waals surface area contributed by atoms with Crippen LogP contribution in [0.2, 0.25) is 0 Å². The number of amides is 1. The van der Waals surface area contributed by atoms with Crippen LogP contribution in [-0.2, 0) is 17.9 Å². The van der Waals surface area contributed by atoms with Gasteiger partial charge in [-0.25, -0.2) is 4.98 Å². The number of rotatable bonds is 3. The summed E-state index contributed by atoms with van der Waals surface area (Å²) in [6, 6.07) is 8.21. The third kappa shape index (κ3) is 2.08. The summed E-state index contributed by atoms with van der Waals surface area (Å²) in [5, 5.41) is 2.60. The van der Waals surface area contributed by atoms with Crippen LogP contribution in [0.25, 0.3) is 0 Å². The summed E-state index contributed by atoms with van der Waals surface area (Å²) in [6.45, 7) is 1.50. The van der Waals surface area contributed by atoms with Gasteiger partial charge in [0, 0.05) is 13.1 Å². The molecule has 96 valence electrons. The molecular weight excluding hydrogens is 242 g/mol. The van der Waals surface area contributed by atoms with Crippen molar-refractivity contribution < 1.29 is 4.79 Å². The number of hydrogen-bond donors (Lipinski definition) is 2. The van der Waals surface area contributed by atoms with Crippen molar-refractivity contribution in [3.8, 4) is 0 Å². The highest BCUT2D eigenvalue weighted by Crippen LogP contribution is 2.31. The minimum atomic E-state index is 0.197. The third-order valence-corrected chi connectivity index (χ3v) is 3.14. The molecule has 1 aliphatic heterocycles. The van der Waals surface area contributed by atoms with E-state index >= 15 is 0 Å². The topological polar surface area (TPSA) is 84.1 Å². The Labute approximate surface area is 110 Å². The molecule has 0 saturated carbocycles. The summed E-state index contributed by atoms with van der Waals surface area (Å²) in [7, 11) is 0. The molecule has 0 saturated heterocycles. The molecule has 0 fully saturated rings. The number of hydrogen-bond acceptors (Lipinski definition) is 5. The number of nitrogen functional groups attached to an aromatic ring is 1. The van der Waals surface area contributed by atoms with Crippen LogP contribution in [0.4, 0.5) is 17.5 Å². The fourth-order valence-electron chi connectivity index (χ4n) is 2.28. The van der Waals surface area contributed by atoms with Crippen molar-refractivity contribution in [3.63, 3.8) is 0 Å². The first-order valence-corrected chi connectivity index (χ1v) is 5.92. The van der Waals surface area contributed by atoms with E-state index in [1.54, 1.807) is 0 Å². The van der Waals surface area contributed by atoms with Gasteiger partial charge in [-0.3, -0.25) is 4.79 Å². The molecule has 3 rings (SSSR count). The molecule has 0 bridgehead atoms. The molecule has 3 N–H and O–H groups in total. The number of nitrogens with two attached hydrogens (primary N) is 1. The average molecular weight is 255 g/mol. The molecule has 19 heavy (non-hydrogen) atoms. The van der Waals surface area contributed by atoms with E-state index in [-0.39, 0.29) is 5.95 Å². The summed E-state index contributed by atoms with van der Waals surface area (Å²) in [6.07, 6.45) is 2.14. The fourth-order valence-corrected chi connectivity index (χ4v) is 2.28. The highest BCUT2D eigenvalue weighted by molar-refractivity contribution is 5.79. The normalized spacial score (nSPS) is 13.2. The molecule has 0 aliphatic carbocycles. The molecule has 6 heteroatoms. The molecule has 0 atom stereocenters. The Balaban J connectivity index is 1.96. The molecule has 0 unspecified atom stereocenters. The molecule has 2 aromatic rings. The second kappa shape index (κ2) is 4.56. The maximum Gasteiger partial charge on any atom is 0.222 e. The lowest BCUT2D eigenvalue weighted by Crippen LogP contribution is -2.19. The molecule has 6 nitrogen and oxygen atoms in total. The first kappa shape index (κ1) is 11.5. The first-order valence-electron chi connectivity index (χ1n) is 5.92. The predicted molar refractivity (Wildman–Crippen MR) is 72.5 cm³/mol. The first-order chi connectivity index (χ1) is 9.28. The van der Waals surface area contributed by atoms with Gasteiger partial charge in [0.15, 0.2) is 5.82 Å². The van der Waals surface area contributed by atoms with Gasteiger partial charge in [-0.1, -0.05) is 24.3 Å². The monoisotopic (exact) mass is 255 g/mol. The summed E-state index contributed by atoms with van der Waals surface area (Å²) >= 11 is 0. The van der Waals surface area contributed by atoms with Crippen LogP contribution in [0.15, 0.2) is 30.5 Å². The molecule has 2 heterocycles. The highest BCUT2D eigenvalue weighted by atomic mass is 16.1. The second-order valence-electron chi connectivity index (χ2n) is 4.35. The van der Waals surface area contributed by atoms with Crippen LogP contribution >= 0.6 is 0 Å². The minimum Gasteiger partial charge on any atom is -0.368 e. The van der Waals surface area contributed by atoms with E-state index in [4.69, 9.17) is 5.73 Å². The van der Waals surface area contributed by atoms with Gasteiger partial charge >= 0.3 is 0 Å². The zero-order valence-corrected chi connectivity index (χ0v) is 10.2. The van der Waals surface area contributed by atoms with E-state index in [0.717, 1.165) is 13.1 Å². The smallest absolute Gasteiger partial charge is 0.222 e. The fraction of sp³-hybridized carbons (Fsp3) is 0.154. The molecule has 1 aromatic heterocycles. The van der Waals surface area contributed by atoms with Gasteiger partial charge in [-0.05, 0) is 11.1 Å². The SMILES string of the molecule is Nc1ncc(NC=O)c(N2Cc3ccccc3C2)n1. The number of carbonyl (C=O) groups excluding carboxylic acids is 1. The van der Waals surface area contributed by atoms with Gasteiger partial charge in [0.2, 0.25) is 12.4 Å². The average Bonchev–Trinajstić information content (AvgIpc) is 2.84. The van der Waals surface area contributed by atoms with Gasteiger partial charge in [0.1, 0.15) is 5.69 Å². The lowest BCUT2D eigenvalue weighted by molar-refractivity contribution is -0.105. The second-order valence-corrected chi connectivity index (χ2v) is 4.35. The van der Waals surface area contributed by atoms with Crippen LogP contribution < -0.4 is 16.0 Å². The van der Waals surface area contributed by atoms with Crippen molar-refractivity contribution in [1.29, 1.82) is 0 Å². The van der Waals surface area contributed by atoms with Crippen molar-refractivity contribution in [1.82, 2.24) is 9.97 Å². The zero-order valence-electron chi connectivity index (χ0n) is 10.2. The largest absolute Gasteiger partial charge is 0.368 e. The molecule has 1 amide bonds. The number of carbonyl (C=O) groups is 1. The Morgan fingerprint density at radius 3 is 2.58 bits per heavy atom. The van der Waals surface area contributed by atoms with Crippen molar-refractivity contribution >= 4 is 23.9 Å². The molecule has 1 aromatic carbocycles. The van der Waals surface area contributed by atoms with E-state index in [9.17, 15) is 4.79 Å². The van der Waals surface area contributed by atoms with E-state index < -0.39 is 0 Å². The summed E-state index contributed by atoms with van der Waals surface area (Å²) in [4.78, 5) is 20.8. The molecule has 1 aliphatic rings. The summed E-state index contributed by atoms with van der Waals surface area (Å²) in [5.41, 5.74) is 8.72. The minimum absolute atomic E-state index is 0.197. The maximum atomic E-state index is 10.6. The number of anilines is 3. The molecule has 0 radical (unpaired) electrons. The Hall–Kier alpha value is -2.63. The zero-order chi connectivity index (χ0) is 13.2. The van der Waals surface area contributed by atoms with Gasteiger partial charge in [0.05, 0.1) is 6.20 Å². The third-order valence-electron chi connectivity index (χ3n) is 3.14. The van der Waals surface area contributed by atoms with Gasteiger partial charge < -0.3 is 16.0 Å². The van der Waals surface area contributed by atoms with E-state index in [1.165, 1.54) is 17.3 Å².